The Morgan fingerprint density at radius 2 is 1.83 bits per heavy atom. The van der Waals surface area contributed by atoms with Gasteiger partial charge >= 0.3 is 0 Å². The summed E-state index contributed by atoms with van der Waals surface area (Å²) in [6.07, 6.45) is 4.95. The average Bonchev–Trinajstić information content (AvgIpc) is 2.93. The Balaban J connectivity index is 1.52. The summed E-state index contributed by atoms with van der Waals surface area (Å²) in [6.45, 7) is 1.83. The molecule has 0 aliphatic carbocycles. The molecule has 4 rings (SSSR count). The van der Waals surface area contributed by atoms with Gasteiger partial charge in [0.25, 0.3) is 11.8 Å². The molecule has 7 nitrogen and oxygen atoms in total. The summed E-state index contributed by atoms with van der Waals surface area (Å²) < 4.78 is 0. The van der Waals surface area contributed by atoms with Gasteiger partial charge in [-0.15, -0.1) is 0 Å². The number of imide groups is 1. The molecule has 1 aliphatic heterocycles. The van der Waals surface area contributed by atoms with Gasteiger partial charge < -0.3 is 5.32 Å². The van der Waals surface area contributed by atoms with Crippen molar-refractivity contribution in [2.24, 2.45) is 0 Å². The molecular formula is C22H18N4O3. The highest BCUT2D eigenvalue weighted by molar-refractivity contribution is 6.22. The molecule has 0 saturated carbocycles. The number of benzene rings is 1. The van der Waals surface area contributed by atoms with E-state index in [-0.39, 0.29) is 24.1 Å². The third-order valence-electron chi connectivity index (χ3n) is 4.79. The molecule has 1 N–H and O–H groups in total. The van der Waals surface area contributed by atoms with Crippen molar-refractivity contribution < 1.29 is 14.4 Å². The molecule has 0 unspecified atom stereocenters. The highest BCUT2D eigenvalue weighted by Gasteiger charge is 2.35. The number of hydrogen-bond donors (Lipinski definition) is 1. The molecule has 144 valence electrons. The first kappa shape index (κ1) is 18.5. The van der Waals surface area contributed by atoms with Crippen LogP contribution in [-0.2, 0) is 11.2 Å². The second-order valence-electron chi connectivity index (χ2n) is 6.91. The lowest BCUT2D eigenvalue weighted by Gasteiger charge is -2.10. The molecule has 0 spiro atoms. The van der Waals surface area contributed by atoms with Gasteiger partial charge in [-0.3, -0.25) is 29.3 Å². The van der Waals surface area contributed by atoms with Crippen LogP contribution in [0.15, 0.2) is 55.0 Å². The van der Waals surface area contributed by atoms with Crippen LogP contribution < -0.4 is 5.32 Å². The number of aromatic nitrogens is 2. The molecule has 3 heterocycles. The number of aryl methyl sites for hydroxylation is 1. The second kappa shape index (κ2) is 7.27. The van der Waals surface area contributed by atoms with Gasteiger partial charge in [0.15, 0.2) is 0 Å². The van der Waals surface area contributed by atoms with Crippen LogP contribution in [0.5, 0.6) is 0 Å². The van der Waals surface area contributed by atoms with Crippen LogP contribution in [0.25, 0.3) is 11.3 Å². The van der Waals surface area contributed by atoms with Crippen LogP contribution in [0.2, 0.25) is 0 Å². The Morgan fingerprint density at radius 1 is 1.07 bits per heavy atom. The fourth-order valence-electron chi connectivity index (χ4n) is 3.40. The van der Waals surface area contributed by atoms with Crippen LogP contribution in [0.3, 0.4) is 0 Å². The fraction of sp³-hybridized carbons (Fsp3) is 0.136. The van der Waals surface area contributed by atoms with Gasteiger partial charge in [-0.2, -0.15) is 0 Å². The standard InChI is InChI=1S/C22H18N4O3/c1-13-9-15(20-17(10-13)21(28)26(2)22(20)29)11-19(27)25-16-3-4-18(24-12-16)14-5-7-23-8-6-14/h3-10,12H,11H2,1-2H3,(H,25,27). The van der Waals surface area contributed by atoms with Crippen molar-refractivity contribution in [3.05, 3.63) is 77.2 Å². The minimum atomic E-state index is -0.379. The minimum absolute atomic E-state index is 0.0109. The van der Waals surface area contributed by atoms with Gasteiger partial charge in [-0.25, -0.2) is 0 Å². The molecule has 29 heavy (non-hydrogen) atoms. The Bertz CT molecular complexity index is 1120. The van der Waals surface area contributed by atoms with E-state index < -0.39 is 0 Å². The Morgan fingerprint density at radius 3 is 2.52 bits per heavy atom. The third kappa shape index (κ3) is 3.50. The number of rotatable bonds is 4. The lowest BCUT2D eigenvalue weighted by atomic mass is 9.97. The zero-order valence-electron chi connectivity index (χ0n) is 16.0. The number of amides is 3. The number of nitrogens with zero attached hydrogens (tertiary/aromatic N) is 3. The summed E-state index contributed by atoms with van der Waals surface area (Å²) in [5.74, 6) is -1.01. The monoisotopic (exact) mass is 386 g/mol. The zero-order chi connectivity index (χ0) is 20.5. The molecule has 1 aromatic carbocycles. The maximum absolute atomic E-state index is 12.6. The Kier molecular flexibility index (Phi) is 4.64. The number of carbonyl (C=O) groups excluding carboxylic acids is 3. The number of pyridine rings is 2. The number of nitrogens with one attached hydrogen (secondary N) is 1. The van der Waals surface area contributed by atoms with E-state index in [2.05, 4.69) is 15.3 Å². The van der Waals surface area contributed by atoms with Gasteiger partial charge in [-0.1, -0.05) is 6.07 Å². The smallest absolute Gasteiger partial charge is 0.261 e. The molecule has 3 amide bonds. The van der Waals surface area contributed by atoms with Crippen molar-refractivity contribution in [3.63, 3.8) is 0 Å². The molecule has 0 saturated heterocycles. The molecule has 0 fully saturated rings. The molecule has 2 aromatic heterocycles. The largest absolute Gasteiger partial charge is 0.324 e. The summed E-state index contributed by atoms with van der Waals surface area (Å²) in [4.78, 5) is 46.6. The predicted molar refractivity (Wildman–Crippen MR) is 107 cm³/mol. The lowest BCUT2D eigenvalue weighted by molar-refractivity contribution is -0.115. The first-order chi connectivity index (χ1) is 13.9. The number of hydrogen-bond acceptors (Lipinski definition) is 5. The zero-order valence-corrected chi connectivity index (χ0v) is 16.0. The highest BCUT2D eigenvalue weighted by atomic mass is 16.2. The van der Waals surface area contributed by atoms with Crippen molar-refractivity contribution in [2.45, 2.75) is 13.3 Å². The van der Waals surface area contributed by atoms with E-state index in [1.54, 1.807) is 36.8 Å². The van der Waals surface area contributed by atoms with E-state index >= 15 is 0 Å². The van der Waals surface area contributed by atoms with Gasteiger partial charge in [0.2, 0.25) is 5.91 Å². The summed E-state index contributed by atoms with van der Waals surface area (Å²) in [5, 5.41) is 2.79. The second-order valence-corrected chi connectivity index (χ2v) is 6.91. The number of fused-ring (bicyclic) bond motifs is 1. The summed E-state index contributed by atoms with van der Waals surface area (Å²) in [7, 11) is 1.44. The van der Waals surface area contributed by atoms with Crippen LogP contribution >= 0.6 is 0 Å². The van der Waals surface area contributed by atoms with Crippen LogP contribution in [0.4, 0.5) is 5.69 Å². The molecule has 0 radical (unpaired) electrons. The SMILES string of the molecule is Cc1cc(CC(=O)Nc2ccc(-c3ccncc3)nc2)c2c(c1)C(=O)N(C)C2=O. The Labute approximate surface area is 167 Å². The topological polar surface area (TPSA) is 92.3 Å². The van der Waals surface area contributed by atoms with Gasteiger partial charge in [0.05, 0.1) is 35.1 Å². The molecule has 0 atom stereocenters. The van der Waals surface area contributed by atoms with E-state index in [1.807, 2.05) is 25.1 Å². The molecule has 1 aliphatic rings. The van der Waals surface area contributed by atoms with Crippen molar-refractivity contribution in [2.75, 3.05) is 12.4 Å². The normalized spacial score (nSPS) is 12.8. The minimum Gasteiger partial charge on any atom is -0.324 e. The fourth-order valence-corrected chi connectivity index (χ4v) is 3.40. The van der Waals surface area contributed by atoms with Crippen LogP contribution in [-0.4, -0.2) is 39.6 Å². The van der Waals surface area contributed by atoms with Gasteiger partial charge in [-0.05, 0) is 48.4 Å². The first-order valence-corrected chi connectivity index (χ1v) is 9.06. The first-order valence-electron chi connectivity index (χ1n) is 9.06. The molecular weight excluding hydrogens is 368 g/mol. The quantitative estimate of drug-likeness (QED) is 0.696. The summed E-state index contributed by atoms with van der Waals surface area (Å²) in [5.41, 5.74) is 4.28. The number of anilines is 1. The van der Waals surface area contributed by atoms with E-state index in [0.717, 1.165) is 21.7 Å². The maximum Gasteiger partial charge on any atom is 0.261 e. The number of carbonyl (C=O) groups is 3. The third-order valence-corrected chi connectivity index (χ3v) is 4.79. The van der Waals surface area contributed by atoms with Crippen LogP contribution in [0, 0.1) is 6.92 Å². The lowest BCUT2D eigenvalue weighted by Crippen LogP contribution is -2.24. The van der Waals surface area contributed by atoms with Crippen molar-refractivity contribution in [1.29, 1.82) is 0 Å². The molecule has 3 aromatic rings. The van der Waals surface area contributed by atoms with Crippen molar-refractivity contribution in [1.82, 2.24) is 14.9 Å². The van der Waals surface area contributed by atoms with Crippen molar-refractivity contribution in [3.8, 4) is 11.3 Å². The van der Waals surface area contributed by atoms with Crippen LogP contribution in [0.1, 0.15) is 31.8 Å². The highest BCUT2D eigenvalue weighted by Crippen LogP contribution is 2.27. The maximum atomic E-state index is 12.6. The Hall–Kier alpha value is -3.87. The molecule has 0 bridgehead atoms. The van der Waals surface area contributed by atoms with Gasteiger partial charge in [0, 0.05) is 25.0 Å². The summed E-state index contributed by atoms with van der Waals surface area (Å²) in [6, 6.07) is 10.7. The van der Waals surface area contributed by atoms with E-state index in [0.29, 0.717) is 22.4 Å². The molecule has 7 heteroatoms. The van der Waals surface area contributed by atoms with Crippen molar-refractivity contribution >= 4 is 23.4 Å². The van der Waals surface area contributed by atoms with E-state index in [1.165, 1.54) is 7.05 Å². The van der Waals surface area contributed by atoms with E-state index in [4.69, 9.17) is 0 Å². The predicted octanol–water partition coefficient (Wildman–Crippen LogP) is 2.86. The van der Waals surface area contributed by atoms with Gasteiger partial charge in [0.1, 0.15) is 0 Å². The van der Waals surface area contributed by atoms with E-state index in [9.17, 15) is 14.4 Å². The average molecular weight is 386 g/mol. The summed E-state index contributed by atoms with van der Waals surface area (Å²) >= 11 is 0.